The number of nitrogens with zero attached hydrogens (tertiary/aromatic N) is 3. The van der Waals surface area contributed by atoms with Gasteiger partial charge in [0.25, 0.3) is 0 Å². The van der Waals surface area contributed by atoms with Crippen molar-refractivity contribution in [3.05, 3.63) is 29.8 Å². The van der Waals surface area contributed by atoms with Crippen molar-refractivity contribution in [3.63, 3.8) is 0 Å². The van der Waals surface area contributed by atoms with E-state index in [0.717, 1.165) is 30.5 Å². The SMILES string of the molecule is CCc1ccccc1N1CC(C(=O)N2CCCC(CN(C)C(=O)OC(C)(C)C)C2)CC1=O. The number of hydrogen-bond acceptors (Lipinski definition) is 4. The van der Waals surface area contributed by atoms with E-state index in [4.69, 9.17) is 4.74 Å². The molecule has 7 heteroatoms. The summed E-state index contributed by atoms with van der Waals surface area (Å²) in [4.78, 5) is 43.6. The van der Waals surface area contributed by atoms with E-state index < -0.39 is 5.60 Å². The first kappa shape index (κ1) is 24.1. The van der Waals surface area contributed by atoms with Crippen LogP contribution in [0.1, 0.15) is 52.5 Å². The Balaban J connectivity index is 1.59. The number of hydrogen-bond donors (Lipinski definition) is 0. The fourth-order valence-corrected chi connectivity index (χ4v) is 4.65. The molecule has 0 bridgehead atoms. The standard InChI is InChI=1S/C25H37N3O4/c1-6-19-11-7-8-12-21(19)28-17-20(14-22(28)29)23(30)27-13-9-10-18(16-27)15-26(5)24(31)32-25(2,3)4/h7-8,11-12,18,20H,6,9-10,13-17H2,1-5H3. The Morgan fingerprint density at radius 1 is 1.19 bits per heavy atom. The minimum Gasteiger partial charge on any atom is -0.444 e. The van der Waals surface area contributed by atoms with E-state index in [1.165, 1.54) is 0 Å². The quantitative estimate of drug-likeness (QED) is 0.696. The number of carbonyl (C=O) groups is 3. The van der Waals surface area contributed by atoms with E-state index in [0.29, 0.717) is 26.2 Å². The summed E-state index contributed by atoms with van der Waals surface area (Å²) in [6.07, 6.45) is 2.64. The fourth-order valence-electron chi connectivity index (χ4n) is 4.65. The second kappa shape index (κ2) is 9.92. The summed E-state index contributed by atoms with van der Waals surface area (Å²) >= 11 is 0. The van der Waals surface area contributed by atoms with Gasteiger partial charge in [0.1, 0.15) is 5.60 Å². The van der Waals surface area contributed by atoms with Crippen molar-refractivity contribution in [2.75, 3.05) is 38.1 Å². The van der Waals surface area contributed by atoms with Crippen LogP contribution < -0.4 is 4.90 Å². The molecule has 0 radical (unpaired) electrons. The molecule has 2 atom stereocenters. The minimum absolute atomic E-state index is 0.0162. The number of rotatable bonds is 5. The fraction of sp³-hybridized carbons (Fsp3) is 0.640. The third kappa shape index (κ3) is 5.81. The number of amides is 3. The van der Waals surface area contributed by atoms with Gasteiger partial charge in [-0.2, -0.15) is 0 Å². The molecule has 3 amide bonds. The average molecular weight is 444 g/mol. The Morgan fingerprint density at radius 2 is 1.91 bits per heavy atom. The zero-order valence-corrected chi connectivity index (χ0v) is 20.1. The lowest BCUT2D eigenvalue weighted by molar-refractivity contribution is -0.137. The number of likely N-dealkylation sites (tertiary alicyclic amines) is 1. The molecule has 2 heterocycles. The van der Waals surface area contributed by atoms with Gasteiger partial charge in [-0.3, -0.25) is 9.59 Å². The van der Waals surface area contributed by atoms with Crippen molar-refractivity contribution in [2.45, 2.75) is 59.0 Å². The average Bonchev–Trinajstić information content (AvgIpc) is 3.13. The molecule has 1 aromatic carbocycles. The molecule has 32 heavy (non-hydrogen) atoms. The Kier molecular flexibility index (Phi) is 7.47. The summed E-state index contributed by atoms with van der Waals surface area (Å²) in [7, 11) is 1.74. The van der Waals surface area contributed by atoms with E-state index in [1.807, 2.05) is 49.9 Å². The minimum atomic E-state index is -0.531. The second-order valence-electron chi connectivity index (χ2n) is 10.0. The molecule has 0 aromatic heterocycles. The molecule has 2 saturated heterocycles. The van der Waals surface area contributed by atoms with Crippen LogP contribution in [0.4, 0.5) is 10.5 Å². The van der Waals surface area contributed by atoms with Crippen LogP contribution in [0.25, 0.3) is 0 Å². The lowest BCUT2D eigenvalue weighted by Crippen LogP contribution is -2.47. The van der Waals surface area contributed by atoms with Crippen LogP contribution in [0.3, 0.4) is 0 Å². The number of piperidine rings is 1. The molecule has 2 aliphatic rings. The zero-order valence-electron chi connectivity index (χ0n) is 20.1. The lowest BCUT2D eigenvalue weighted by Gasteiger charge is -2.36. The van der Waals surface area contributed by atoms with Gasteiger partial charge in [0.15, 0.2) is 0 Å². The summed E-state index contributed by atoms with van der Waals surface area (Å²) in [6, 6.07) is 7.92. The van der Waals surface area contributed by atoms with E-state index in [-0.39, 0.29) is 36.2 Å². The highest BCUT2D eigenvalue weighted by Crippen LogP contribution is 2.30. The monoisotopic (exact) mass is 443 g/mol. The third-order valence-electron chi connectivity index (χ3n) is 6.21. The molecular formula is C25H37N3O4. The molecule has 0 saturated carbocycles. The number of para-hydroxylation sites is 1. The third-order valence-corrected chi connectivity index (χ3v) is 6.21. The molecule has 2 aliphatic heterocycles. The molecule has 1 aromatic rings. The van der Waals surface area contributed by atoms with Crippen molar-refractivity contribution >= 4 is 23.6 Å². The van der Waals surface area contributed by atoms with Crippen LogP contribution in [0.5, 0.6) is 0 Å². The Hall–Kier alpha value is -2.57. The maximum atomic E-state index is 13.3. The number of benzene rings is 1. The molecule has 0 N–H and O–H groups in total. The van der Waals surface area contributed by atoms with Crippen molar-refractivity contribution < 1.29 is 19.1 Å². The molecule has 2 fully saturated rings. The van der Waals surface area contributed by atoms with Crippen LogP contribution in [-0.4, -0.2) is 66.5 Å². The molecule has 0 aliphatic carbocycles. The molecule has 7 nitrogen and oxygen atoms in total. The van der Waals surface area contributed by atoms with Gasteiger partial charge in [-0.25, -0.2) is 4.79 Å². The zero-order chi connectivity index (χ0) is 23.5. The highest BCUT2D eigenvalue weighted by molar-refractivity contribution is 6.00. The first-order chi connectivity index (χ1) is 15.1. The van der Waals surface area contributed by atoms with Crippen molar-refractivity contribution in [3.8, 4) is 0 Å². The Bertz CT molecular complexity index is 848. The summed E-state index contributed by atoms with van der Waals surface area (Å²) < 4.78 is 5.44. The van der Waals surface area contributed by atoms with Crippen molar-refractivity contribution in [1.82, 2.24) is 9.80 Å². The smallest absolute Gasteiger partial charge is 0.410 e. The van der Waals surface area contributed by atoms with Gasteiger partial charge in [-0.15, -0.1) is 0 Å². The highest BCUT2D eigenvalue weighted by atomic mass is 16.6. The molecule has 176 valence electrons. The Morgan fingerprint density at radius 3 is 2.59 bits per heavy atom. The van der Waals surface area contributed by atoms with Gasteiger partial charge < -0.3 is 19.4 Å². The van der Waals surface area contributed by atoms with Gasteiger partial charge in [0, 0.05) is 45.3 Å². The van der Waals surface area contributed by atoms with Gasteiger partial charge in [0.05, 0.1) is 5.92 Å². The lowest BCUT2D eigenvalue weighted by atomic mass is 9.96. The summed E-state index contributed by atoms with van der Waals surface area (Å²) in [5.74, 6) is -0.0316. The topological polar surface area (TPSA) is 70.2 Å². The second-order valence-corrected chi connectivity index (χ2v) is 10.0. The largest absolute Gasteiger partial charge is 0.444 e. The number of ether oxygens (including phenoxy) is 1. The first-order valence-corrected chi connectivity index (χ1v) is 11.7. The summed E-state index contributed by atoms with van der Waals surface area (Å²) in [6.45, 7) is 9.95. The van der Waals surface area contributed by atoms with Gasteiger partial charge in [-0.05, 0) is 57.6 Å². The number of anilines is 1. The van der Waals surface area contributed by atoms with Gasteiger partial charge in [-0.1, -0.05) is 25.1 Å². The highest BCUT2D eigenvalue weighted by Gasteiger charge is 2.39. The number of aryl methyl sites for hydroxylation is 1. The summed E-state index contributed by atoms with van der Waals surface area (Å²) in [5.41, 5.74) is 1.51. The van der Waals surface area contributed by atoms with Gasteiger partial charge >= 0.3 is 6.09 Å². The van der Waals surface area contributed by atoms with E-state index in [2.05, 4.69) is 6.92 Å². The van der Waals surface area contributed by atoms with Crippen LogP contribution in [0.15, 0.2) is 24.3 Å². The predicted octanol–water partition coefficient (Wildman–Crippen LogP) is 3.71. The Labute approximate surface area is 191 Å². The van der Waals surface area contributed by atoms with Crippen LogP contribution in [0.2, 0.25) is 0 Å². The van der Waals surface area contributed by atoms with E-state index in [1.54, 1.807) is 16.8 Å². The first-order valence-electron chi connectivity index (χ1n) is 11.7. The molecule has 2 unspecified atom stereocenters. The number of carbonyl (C=O) groups excluding carboxylic acids is 3. The molecule has 0 spiro atoms. The van der Waals surface area contributed by atoms with Crippen LogP contribution >= 0.6 is 0 Å². The summed E-state index contributed by atoms with van der Waals surface area (Å²) in [5, 5.41) is 0. The molecule has 3 rings (SSSR count). The maximum absolute atomic E-state index is 13.3. The van der Waals surface area contributed by atoms with Crippen LogP contribution in [-0.2, 0) is 20.7 Å². The molecular weight excluding hydrogens is 406 g/mol. The normalized spacial score (nSPS) is 21.6. The predicted molar refractivity (Wildman–Crippen MR) is 124 cm³/mol. The van der Waals surface area contributed by atoms with Gasteiger partial charge in [0.2, 0.25) is 11.8 Å². The van der Waals surface area contributed by atoms with E-state index >= 15 is 0 Å². The van der Waals surface area contributed by atoms with Crippen molar-refractivity contribution in [1.29, 1.82) is 0 Å². The van der Waals surface area contributed by atoms with Crippen LogP contribution in [0, 0.1) is 11.8 Å². The van der Waals surface area contributed by atoms with Crippen molar-refractivity contribution in [2.24, 2.45) is 11.8 Å². The maximum Gasteiger partial charge on any atom is 0.410 e. The van der Waals surface area contributed by atoms with E-state index in [9.17, 15) is 14.4 Å².